The lowest BCUT2D eigenvalue weighted by Gasteiger charge is -2.30. The SMILES string of the molecule is CCN(C(=O)Cc1ccc(C=N)c2ccccc12)C(Cc1ccccc1)c1ccco1. The third kappa shape index (κ3) is 4.43. The Labute approximate surface area is 182 Å². The summed E-state index contributed by atoms with van der Waals surface area (Å²) in [4.78, 5) is 15.4. The number of benzene rings is 3. The summed E-state index contributed by atoms with van der Waals surface area (Å²) in [7, 11) is 0. The molecule has 4 nitrogen and oxygen atoms in total. The molecule has 0 radical (unpaired) electrons. The van der Waals surface area contributed by atoms with Crippen LogP contribution in [0.15, 0.2) is 89.5 Å². The molecular weight excluding hydrogens is 384 g/mol. The molecular formula is C27H26N2O2. The van der Waals surface area contributed by atoms with E-state index < -0.39 is 0 Å². The van der Waals surface area contributed by atoms with Gasteiger partial charge >= 0.3 is 0 Å². The summed E-state index contributed by atoms with van der Waals surface area (Å²) in [6.07, 6.45) is 4.02. The topological polar surface area (TPSA) is 57.3 Å². The fourth-order valence-electron chi connectivity index (χ4n) is 4.18. The third-order valence-electron chi connectivity index (χ3n) is 5.73. The van der Waals surface area contributed by atoms with Crippen molar-refractivity contribution in [2.24, 2.45) is 0 Å². The lowest BCUT2D eigenvalue weighted by molar-refractivity contribution is -0.133. The molecule has 0 aliphatic heterocycles. The number of carbonyl (C=O) groups is 1. The van der Waals surface area contributed by atoms with Crippen molar-refractivity contribution in [3.05, 3.63) is 108 Å². The molecule has 4 aromatic rings. The Bertz CT molecular complexity index is 1170. The first-order valence-corrected chi connectivity index (χ1v) is 10.6. The Morgan fingerprint density at radius 2 is 1.71 bits per heavy atom. The summed E-state index contributed by atoms with van der Waals surface area (Å²) in [6.45, 7) is 2.60. The van der Waals surface area contributed by atoms with Crippen LogP contribution in [-0.4, -0.2) is 23.6 Å². The van der Waals surface area contributed by atoms with Crippen LogP contribution in [-0.2, 0) is 17.6 Å². The Hall–Kier alpha value is -3.66. The summed E-state index contributed by atoms with van der Waals surface area (Å²) >= 11 is 0. The number of fused-ring (bicyclic) bond motifs is 1. The lowest BCUT2D eigenvalue weighted by atomic mass is 9.97. The highest BCUT2D eigenvalue weighted by atomic mass is 16.3. The Morgan fingerprint density at radius 1 is 0.968 bits per heavy atom. The molecule has 1 N–H and O–H groups in total. The summed E-state index contributed by atoms with van der Waals surface area (Å²) < 4.78 is 5.73. The van der Waals surface area contributed by atoms with Gasteiger partial charge in [-0.3, -0.25) is 4.79 Å². The Morgan fingerprint density at radius 3 is 2.39 bits per heavy atom. The predicted octanol–water partition coefficient (Wildman–Crippen LogP) is 5.81. The normalized spacial score (nSPS) is 11.9. The highest BCUT2D eigenvalue weighted by molar-refractivity contribution is 6.01. The van der Waals surface area contributed by atoms with Gasteiger partial charge in [0.15, 0.2) is 0 Å². The molecule has 0 aliphatic carbocycles. The number of carbonyl (C=O) groups excluding carboxylic acids is 1. The average molecular weight is 411 g/mol. The number of nitrogens with zero attached hydrogens (tertiary/aromatic N) is 1. The predicted molar refractivity (Wildman–Crippen MR) is 125 cm³/mol. The van der Waals surface area contributed by atoms with E-state index in [1.54, 1.807) is 6.26 Å². The van der Waals surface area contributed by atoms with Crippen LogP contribution < -0.4 is 0 Å². The van der Waals surface area contributed by atoms with Gasteiger partial charge in [-0.1, -0.05) is 66.7 Å². The second-order valence-electron chi connectivity index (χ2n) is 7.58. The Balaban J connectivity index is 1.65. The van der Waals surface area contributed by atoms with E-state index in [4.69, 9.17) is 9.83 Å². The zero-order valence-corrected chi connectivity index (χ0v) is 17.6. The van der Waals surface area contributed by atoms with Crippen molar-refractivity contribution in [1.29, 1.82) is 5.41 Å². The first kappa shape index (κ1) is 20.6. The van der Waals surface area contributed by atoms with E-state index >= 15 is 0 Å². The van der Waals surface area contributed by atoms with Crippen LogP contribution in [0, 0.1) is 5.41 Å². The number of furan rings is 1. The van der Waals surface area contributed by atoms with E-state index in [0.717, 1.165) is 33.2 Å². The fourth-order valence-corrected chi connectivity index (χ4v) is 4.18. The molecule has 3 aromatic carbocycles. The molecule has 0 fully saturated rings. The van der Waals surface area contributed by atoms with Gasteiger partial charge in [0.2, 0.25) is 5.91 Å². The number of hydrogen-bond donors (Lipinski definition) is 1. The zero-order valence-electron chi connectivity index (χ0n) is 17.6. The highest BCUT2D eigenvalue weighted by Crippen LogP contribution is 2.28. The van der Waals surface area contributed by atoms with Crippen LogP contribution in [0.2, 0.25) is 0 Å². The smallest absolute Gasteiger partial charge is 0.227 e. The van der Waals surface area contributed by atoms with Gasteiger partial charge in [0.25, 0.3) is 0 Å². The molecule has 0 saturated carbocycles. The molecule has 4 rings (SSSR count). The van der Waals surface area contributed by atoms with Crippen LogP contribution >= 0.6 is 0 Å². The van der Waals surface area contributed by atoms with Gasteiger partial charge in [-0.05, 0) is 46.5 Å². The van der Waals surface area contributed by atoms with E-state index in [1.807, 2.05) is 78.6 Å². The summed E-state index contributed by atoms with van der Waals surface area (Å²) in [5, 5.41) is 9.69. The lowest BCUT2D eigenvalue weighted by Crippen LogP contribution is -2.36. The van der Waals surface area contributed by atoms with Crippen molar-refractivity contribution >= 4 is 22.9 Å². The number of rotatable bonds is 8. The van der Waals surface area contributed by atoms with Crippen LogP contribution in [0.5, 0.6) is 0 Å². The molecule has 0 spiro atoms. The maximum absolute atomic E-state index is 13.5. The fraction of sp³-hybridized carbons (Fsp3) is 0.185. The molecule has 4 heteroatoms. The van der Waals surface area contributed by atoms with Gasteiger partial charge in [0, 0.05) is 19.2 Å². The molecule has 0 bridgehead atoms. The van der Waals surface area contributed by atoms with Gasteiger partial charge in [-0.15, -0.1) is 0 Å². The van der Waals surface area contributed by atoms with E-state index in [0.29, 0.717) is 19.4 Å². The van der Waals surface area contributed by atoms with Gasteiger partial charge in [0.1, 0.15) is 5.76 Å². The third-order valence-corrected chi connectivity index (χ3v) is 5.73. The molecule has 1 unspecified atom stereocenters. The Kier molecular flexibility index (Phi) is 6.27. The van der Waals surface area contributed by atoms with Crippen molar-refractivity contribution in [2.75, 3.05) is 6.54 Å². The minimum Gasteiger partial charge on any atom is -0.467 e. The molecule has 31 heavy (non-hydrogen) atoms. The summed E-state index contributed by atoms with van der Waals surface area (Å²) in [5.74, 6) is 0.857. The van der Waals surface area contributed by atoms with Gasteiger partial charge < -0.3 is 14.7 Å². The first-order chi connectivity index (χ1) is 15.2. The van der Waals surface area contributed by atoms with Gasteiger partial charge in [0.05, 0.1) is 18.7 Å². The van der Waals surface area contributed by atoms with Crippen molar-refractivity contribution in [3.8, 4) is 0 Å². The van der Waals surface area contributed by atoms with Crippen LogP contribution in [0.25, 0.3) is 10.8 Å². The van der Waals surface area contributed by atoms with Gasteiger partial charge in [-0.2, -0.15) is 0 Å². The molecule has 1 heterocycles. The number of likely N-dealkylation sites (N-methyl/N-ethyl adjacent to an activating group) is 1. The molecule has 0 aliphatic rings. The summed E-state index contributed by atoms with van der Waals surface area (Å²) in [6, 6.07) is 25.7. The van der Waals surface area contributed by atoms with E-state index in [9.17, 15) is 4.79 Å². The maximum Gasteiger partial charge on any atom is 0.227 e. The van der Waals surface area contributed by atoms with E-state index in [1.165, 1.54) is 6.21 Å². The molecule has 1 amide bonds. The monoisotopic (exact) mass is 410 g/mol. The second kappa shape index (κ2) is 9.43. The van der Waals surface area contributed by atoms with E-state index in [2.05, 4.69) is 12.1 Å². The minimum atomic E-state index is -0.165. The second-order valence-corrected chi connectivity index (χ2v) is 7.58. The van der Waals surface area contributed by atoms with Crippen LogP contribution in [0.1, 0.15) is 35.4 Å². The number of nitrogens with one attached hydrogen (secondary N) is 1. The van der Waals surface area contributed by atoms with Crippen molar-refractivity contribution in [3.63, 3.8) is 0 Å². The average Bonchev–Trinajstić information content (AvgIpc) is 3.35. The largest absolute Gasteiger partial charge is 0.467 e. The standard InChI is InChI=1S/C27H26N2O2/c1-2-29(25(26-13-8-16-31-26)17-20-9-4-3-5-10-20)27(30)18-21-14-15-22(19-28)24-12-7-6-11-23(21)24/h3-16,19,25,28H,2,17-18H2,1H3. The molecule has 0 saturated heterocycles. The summed E-state index contributed by atoms with van der Waals surface area (Å²) in [5.41, 5.74) is 3.00. The van der Waals surface area contributed by atoms with Crippen molar-refractivity contribution in [1.82, 2.24) is 4.90 Å². The number of hydrogen-bond acceptors (Lipinski definition) is 3. The quantitative estimate of drug-likeness (QED) is 0.373. The molecule has 1 aromatic heterocycles. The molecule has 156 valence electrons. The zero-order chi connectivity index (χ0) is 21.6. The highest BCUT2D eigenvalue weighted by Gasteiger charge is 2.26. The van der Waals surface area contributed by atoms with Gasteiger partial charge in [-0.25, -0.2) is 0 Å². The van der Waals surface area contributed by atoms with Crippen LogP contribution in [0.4, 0.5) is 0 Å². The van der Waals surface area contributed by atoms with E-state index in [-0.39, 0.29) is 11.9 Å². The number of amides is 1. The van der Waals surface area contributed by atoms with Crippen LogP contribution in [0.3, 0.4) is 0 Å². The minimum absolute atomic E-state index is 0.0626. The maximum atomic E-state index is 13.5. The van der Waals surface area contributed by atoms with Crippen molar-refractivity contribution < 1.29 is 9.21 Å². The molecule has 1 atom stereocenters. The van der Waals surface area contributed by atoms with Crippen molar-refractivity contribution in [2.45, 2.75) is 25.8 Å². The first-order valence-electron chi connectivity index (χ1n) is 10.6.